The molecule has 0 spiro atoms. The molecule has 0 bridgehead atoms. The van der Waals surface area contributed by atoms with Crippen LogP contribution >= 0.6 is 0 Å². The molecule has 6 nitrogen and oxygen atoms in total. The molecule has 0 radical (unpaired) electrons. The summed E-state index contributed by atoms with van der Waals surface area (Å²) in [6.45, 7) is 1.14. The third-order valence-corrected chi connectivity index (χ3v) is 6.16. The Morgan fingerprint density at radius 2 is 1.91 bits per heavy atom. The van der Waals surface area contributed by atoms with Crippen molar-refractivity contribution in [2.45, 2.75) is 25.3 Å². The van der Waals surface area contributed by atoms with E-state index in [-0.39, 0.29) is 18.2 Å². The lowest BCUT2D eigenvalue weighted by atomic mass is 10.0. The summed E-state index contributed by atoms with van der Waals surface area (Å²) in [6.07, 6.45) is 2.99. The molecule has 9 heteroatoms. The highest BCUT2D eigenvalue weighted by Crippen LogP contribution is 2.36. The van der Waals surface area contributed by atoms with Gasteiger partial charge in [0.25, 0.3) is 5.91 Å². The maximum absolute atomic E-state index is 13.6. The van der Waals surface area contributed by atoms with Crippen LogP contribution in [0, 0.1) is 17.5 Å². The minimum absolute atomic E-state index is 0.176. The van der Waals surface area contributed by atoms with Gasteiger partial charge in [0, 0.05) is 30.5 Å². The molecule has 0 aliphatic carbocycles. The van der Waals surface area contributed by atoms with Crippen LogP contribution in [-0.2, 0) is 17.6 Å². The average molecular weight is 466 g/mol. The summed E-state index contributed by atoms with van der Waals surface area (Å²) in [5.74, 6) is -3.77. The van der Waals surface area contributed by atoms with Crippen LogP contribution in [0.4, 0.5) is 24.7 Å². The van der Waals surface area contributed by atoms with Gasteiger partial charge in [0.1, 0.15) is 11.9 Å². The van der Waals surface area contributed by atoms with E-state index < -0.39 is 23.5 Å². The van der Waals surface area contributed by atoms with Crippen molar-refractivity contribution in [3.05, 3.63) is 88.4 Å². The van der Waals surface area contributed by atoms with Crippen molar-refractivity contribution < 1.29 is 22.8 Å². The molecule has 1 saturated heterocycles. The molecule has 3 heterocycles. The highest BCUT2D eigenvalue weighted by atomic mass is 19.2. The van der Waals surface area contributed by atoms with Crippen molar-refractivity contribution in [3.8, 4) is 0 Å². The number of nitrogens with one attached hydrogen (secondary N) is 2. The SMILES string of the molecule is O=C(NC1CCNC1=O)c1cccc2c1CCN2c1cc(Cc2cc(F)c(F)c(F)c2)ccn1. The van der Waals surface area contributed by atoms with E-state index >= 15 is 0 Å². The Morgan fingerprint density at radius 1 is 1.12 bits per heavy atom. The second kappa shape index (κ2) is 8.81. The number of halogens is 3. The minimum atomic E-state index is -1.48. The van der Waals surface area contributed by atoms with Gasteiger partial charge in [-0.25, -0.2) is 18.2 Å². The summed E-state index contributed by atoms with van der Waals surface area (Å²) in [7, 11) is 0. The third kappa shape index (κ3) is 4.09. The van der Waals surface area contributed by atoms with E-state index in [0.29, 0.717) is 42.9 Å². The summed E-state index contributed by atoms with van der Waals surface area (Å²) in [5, 5.41) is 5.51. The monoisotopic (exact) mass is 466 g/mol. The molecule has 1 unspecified atom stereocenters. The normalized spacial score (nSPS) is 17.0. The Kier molecular flexibility index (Phi) is 5.69. The summed E-state index contributed by atoms with van der Waals surface area (Å²) < 4.78 is 40.5. The fourth-order valence-corrected chi connectivity index (χ4v) is 4.52. The highest BCUT2D eigenvalue weighted by molar-refractivity contribution is 6.00. The van der Waals surface area contributed by atoms with Crippen molar-refractivity contribution in [1.29, 1.82) is 0 Å². The van der Waals surface area contributed by atoms with Gasteiger partial charge in [-0.1, -0.05) is 6.07 Å². The number of aromatic nitrogens is 1. The number of amides is 2. The van der Waals surface area contributed by atoms with Crippen LogP contribution in [0.5, 0.6) is 0 Å². The van der Waals surface area contributed by atoms with Gasteiger partial charge in [0.05, 0.1) is 0 Å². The minimum Gasteiger partial charge on any atom is -0.354 e. The number of benzene rings is 2. The van der Waals surface area contributed by atoms with Crippen molar-refractivity contribution in [2.75, 3.05) is 18.0 Å². The third-order valence-electron chi connectivity index (χ3n) is 6.16. The maximum atomic E-state index is 13.6. The van der Waals surface area contributed by atoms with Crippen molar-refractivity contribution >= 4 is 23.3 Å². The van der Waals surface area contributed by atoms with Crippen LogP contribution < -0.4 is 15.5 Å². The first-order chi connectivity index (χ1) is 16.4. The number of rotatable bonds is 5. The standard InChI is InChI=1S/C25H21F3N4O2/c26-18-11-15(12-19(27)23(18)28)10-14-4-7-29-22(13-14)32-9-6-16-17(2-1-3-21(16)32)24(33)31-20-5-8-30-25(20)34/h1-4,7,11-13,20H,5-6,8-10H2,(H,30,34)(H,31,33). The number of anilines is 2. The summed E-state index contributed by atoms with van der Waals surface area (Å²) in [6, 6.07) is 10.4. The molecule has 1 atom stereocenters. The fraction of sp³-hybridized carbons (Fsp3) is 0.240. The number of pyridine rings is 1. The predicted octanol–water partition coefficient (Wildman–Crippen LogP) is 3.40. The summed E-state index contributed by atoms with van der Waals surface area (Å²) >= 11 is 0. The number of nitrogens with zero attached hydrogens (tertiary/aromatic N) is 2. The second-order valence-corrected chi connectivity index (χ2v) is 8.38. The lowest BCUT2D eigenvalue weighted by Crippen LogP contribution is -2.40. The molecular weight excluding hydrogens is 445 g/mol. The van der Waals surface area contributed by atoms with Crippen LogP contribution in [0.2, 0.25) is 0 Å². The maximum Gasteiger partial charge on any atom is 0.252 e. The van der Waals surface area contributed by atoms with Gasteiger partial charge in [-0.05, 0) is 72.4 Å². The van der Waals surface area contributed by atoms with Crippen LogP contribution in [0.15, 0.2) is 48.7 Å². The van der Waals surface area contributed by atoms with Crippen LogP contribution in [0.1, 0.15) is 33.5 Å². The first-order valence-corrected chi connectivity index (χ1v) is 11.0. The quantitative estimate of drug-likeness (QED) is 0.566. The Bertz CT molecular complexity index is 1270. The molecule has 5 rings (SSSR count). The number of carbonyl (C=O) groups excluding carboxylic acids is 2. The Hall–Kier alpha value is -3.88. The molecule has 1 fully saturated rings. The van der Waals surface area contributed by atoms with Crippen molar-refractivity contribution in [2.24, 2.45) is 0 Å². The van der Waals surface area contributed by atoms with Crippen LogP contribution in [0.25, 0.3) is 0 Å². The lowest BCUT2D eigenvalue weighted by Gasteiger charge is -2.20. The van der Waals surface area contributed by atoms with E-state index in [1.54, 1.807) is 24.4 Å². The zero-order valence-electron chi connectivity index (χ0n) is 18.1. The number of fused-ring (bicyclic) bond motifs is 1. The Labute approximate surface area is 193 Å². The van der Waals surface area contributed by atoms with Gasteiger partial charge in [-0.15, -0.1) is 0 Å². The highest BCUT2D eigenvalue weighted by Gasteiger charge is 2.30. The van der Waals surface area contributed by atoms with E-state index in [2.05, 4.69) is 15.6 Å². The van der Waals surface area contributed by atoms with E-state index in [9.17, 15) is 22.8 Å². The largest absolute Gasteiger partial charge is 0.354 e. The topological polar surface area (TPSA) is 74.3 Å². The number of hydrogen-bond donors (Lipinski definition) is 2. The molecule has 2 aliphatic heterocycles. The molecule has 2 amide bonds. The van der Waals surface area contributed by atoms with E-state index in [0.717, 1.165) is 28.9 Å². The molecule has 34 heavy (non-hydrogen) atoms. The van der Waals surface area contributed by atoms with Crippen molar-refractivity contribution in [1.82, 2.24) is 15.6 Å². The number of hydrogen-bond acceptors (Lipinski definition) is 4. The van der Waals surface area contributed by atoms with Gasteiger partial charge in [-0.3, -0.25) is 9.59 Å². The molecule has 2 aliphatic rings. The summed E-state index contributed by atoms with van der Waals surface area (Å²) in [4.78, 5) is 31.1. The lowest BCUT2D eigenvalue weighted by molar-refractivity contribution is -0.120. The predicted molar refractivity (Wildman–Crippen MR) is 119 cm³/mol. The first-order valence-electron chi connectivity index (χ1n) is 11.0. The van der Waals surface area contributed by atoms with Gasteiger partial charge >= 0.3 is 0 Å². The average Bonchev–Trinajstić information content (AvgIpc) is 3.43. The molecule has 174 valence electrons. The smallest absolute Gasteiger partial charge is 0.252 e. The molecule has 0 saturated carbocycles. The Morgan fingerprint density at radius 3 is 2.65 bits per heavy atom. The number of carbonyl (C=O) groups is 2. The van der Waals surface area contributed by atoms with Gasteiger partial charge in [0.2, 0.25) is 5.91 Å². The zero-order chi connectivity index (χ0) is 23.8. The Balaban J connectivity index is 1.38. The molecule has 2 N–H and O–H groups in total. The molecule has 3 aromatic rings. The summed E-state index contributed by atoms with van der Waals surface area (Å²) in [5.41, 5.74) is 3.30. The van der Waals surface area contributed by atoms with Crippen LogP contribution in [0.3, 0.4) is 0 Å². The van der Waals surface area contributed by atoms with Crippen molar-refractivity contribution in [3.63, 3.8) is 0 Å². The molecular formula is C25H21F3N4O2. The van der Waals surface area contributed by atoms with Gasteiger partial charge < -0.3 is 15.5 Å². The first kappa shape index (κ1) is 21.9. The molecule has 1 aromatic heterocycles. The van der Waals surface area contributed by atoms with E-state index in [1.807, 2.05) is 17.0 Å². The van der Waals surface area contributed by atoms with E-state index in [4.69, 9.17) is 0 Å². The molecule has 2 aromatic carbocycles. The van der Waals surface area contributed by atoms with Gasteiger partial charge in [0.15, 0.2) is 17.5 Å². The van der Waals surface area contributed by atoms with E-state index in [1.165, 1.54) is 0 Å². The van der Waals surface area contributed by atoms with Crippen LogP contribution in [-0.4, -0.2) is 35.9 Å². The van der Waals surface area contributed by atoms with Gasteiger partial charge in [-0.2, -0.15) is 0 Å². The second-order valence-electron chi connectivity index (χ2n) is 8.38. The fourth-order valence-electron chi connectivity index (χ4n) is 4.52. The zero-order valence-corrected chi connectivity index (χ0v) is 18.1.